The Labute approximate surface area is 117 Å². The molecule has 104 valence electrons. The van der Waals surface area contributed by atoms with Gasteiger partial charge < -0.3 is 9.84 Å². The molecular weight excluding hydrogens is 260 g/mol. The average Bonchev–Trinajstić information content (AvgIpc) is 2.93. The van der Waals surface area contributed by atoms with Crippen LogP contribution in [0.2, 0.25) is 0 Å². The van der Waals surface area contributed by atoms with Gasteiger partial charge in [0.2, 0.25) is 5.89 Å². The van der Waals surface area contributed by atoms with Crippen LogP contribution in [0.5, 0.6) is 0 Å². The third kappa shape index (κ3) is 4.11. The Morgan fingerprint density at radius 2 is 2.11 bits per heavy atom. The zero-order valence-electron chi connectivity index (χ0n) is 11.9. The second kappa shape index (κ2) is 5.79. The lowest BCUT2D eigenvalue weighted by atomic mass is 9.93. The molecule has 2 aromatic heterocycles. The Morgan fingerprint density at radius 3 is 2.68 bits per heavy atom. The molecular formula is C13H20N4OS. The fourth-order valence-electron chi connectivity index (χ4n) is 1.57. The number of hydrogen-bond acceptors (Lipinski definition) is 6. The van der Waals surface area contributed by atoms with Crippen molar-refractivity contribution in [3.05, 3.63) is 27.8 Å². The van der Waals surface area contributed by atoms with Crippen molar-refractivity contribution < 1.29 is 4.52 Å². The van der Waals surface area contributed by atoms with Crippen molar-refractivity contribution in [2.45, 2.75) is 46.1 Å². The molecule has 0 aromatic carbocycles. The molecule has 2 aromatic rings. The lowest BCUT2D eigenvalue weighted by Crippen LogP contribution is -2.18. The van der Waals surface area contributed by atoms with Crippen molar-refractivity contribution in [2.24, 2.45) is 0 Å². The first kappa shape index (κ1) is 14.1. The lowest BCUT2D eigenvalue weighted by Gasteiger charge is -2.14. The minimum absolute atomic E-state index is 0.122. The second-order valence-electron chi connectivity index (χ2n) is 5.53. The van der Waals surface area contributed by atoms with E-state index in [9.17, 15) is 0 Å². The van der Waals surface area contributed by atoms with E-state index >= 15 is 0 Å². The number of rotatable bonds is 5. The van der Waals surface area contributed by atoms with E-state index in [4.69, 9.17) is 4.52 Å². The molecule has 0 atom stereocenters. The van der Waals surface area contributed by atoms with Crippen molar-refractivity contribution in [3.8, 4) is 0 Å². The standard InChI is InChI=1S/C13H20N4OS/c1-9-15-11(17-18-9)5-6-14-7-12-16-10(8-19-12)13(2,3)4/h8,14H,5-7H2,1-4H3. The maximum absolute atomic E-state index is 4.92. The molecule has 0 fully saturated rings. The number of nitrogens with one attached hydrogen (secondary N) is 1. The smallest absolute Gasteiger partial charge is 0.223 e. The minimum Gasteiger partial charge on any atom is -0.340 e. The number of aryl methyl sites for hydroxylation is 1. The monoisotopic (exact) mass is 280 g/mol. The number of aromatic nitrogens is 3. The first-order chi connectivity index (χ1) is 8.95. The van der Waals surface area contributed by atoms with E-state index < -0.39 is 0 Å². The molecule has 0 aliphatic heterocycles. The third-order valence-electron chi connectivity index (χ3n) is 2.69. The van der Waals surface area contributed by atoms with E-state index in [0.29, 0.717) is 5.89 Å². The number of thiazole rings is 1. The van der Waals surface area contributed by atoms with Gasteiger partial charge in [0.25, 0.3) is 0 Å². The van der Waals surface area contributed by atoms with Crippen LogP contribution in [0, 0.1) is 6.92 Å². The lowest BCUT2D eigenvalue weighted by molar-refractivity contribution is 0.387. The van der Waals surface area contributed by atoms with Gasteiger partial charge in [-0.2, -0.15) is 4.98 Å². The predicted octanol–water partition coefficient (Wildman–Crippen LogP) is 2.46. The Hall–Kier alpha value is -1.27. The van der Waals surface area contributed by atoms with Crippen LogP contribution in [-0.2, 0) is 18.4 Å². The molecule has 2 rings (SSSR count). The Morgan fingerprint density at radius 1 is 1.32 bits per heavy atom. The molecule has 0 radical (unpaired) electrons. The molecule has 5 nitrogen and oxygen atoms in total. The fraction of sp³-hybridized carbons (Fsp3) is 0.615. The van der Waals surface area contributed by atoms with Crippen LogP contribution in [0.15, 0.2) is 9.90 Å². The van der Waals surface area contributed by atoms with Gasteiger partial charge in [0, 0.05) is 37.2 Å². The summed E-state index contributed by atoms with van der Waals surface area (Å²) < 4.78 is 4.92. The van der Waals surface area contributed by atoms with Gasteiger partial charge in [0.15, 0.2) is 5.82 Å². The normalized spacial score (nSPS) is 12.0. The SMILES string of the molecule is Cc1nc(CCNCc2nc(C(C)(C)C)cs2)no1. The van der Waals surface area contributed by atoms with Crippen molar-refractivity contribution in [1.29, 1.82) is 0 Å². The average molecular weight is 280 g/mol. The van der Waals surface area contributed by atoms with Crippen molar-refractivity contribution in [1.82, 2.24) is 20.4 Å². The summed E-state index contributed by atoms with van der Waals surface area (Å²) in [6, 6.07) is 0. The predicted molar refractivity (Wildman–Crippen MR) is 75.3 cm³/mol. The Bertz CT molecular complexity index is 527. The highest BCUT2D eigenvalue weighted by Crippen LogP contribution is 2.23. The second-order valence-corrected chi connectivity index (χ2v) is 6.48. The van der Waals surface area contributed by atoms with Gasteiger partial charge in [-0.1, -0.05) is 25.9 Å². The quantitative estimate of drug-likeness (QED) is 0.852. The van der Waals surface area contributed by atoms with Crippen molar-refractivity contribution >= 4 is 11.3 Å². The van der Waals surface area contributed by atoms with Gasteiger partial charge in [0.1, 0.15) is 5.01 Å². The zero-order chi connectivity index (χ0) is 13.9. The molecule has 6 heteroatoms. The van der Waals surface area contributed by atoms with E-state index in [1.807, 2.05) is 0 Å². The van der Waals surface area contributed by atoms with Gasteiger partial charge in [-0.25, -0.2) is 4.98 Å². The highest BCUT2D eigenvalue weighted by molar-refractivity contribution is 7.09. The van der Waals surface area contributed by atoms with Crippen LogP contribution in [0.4, 0.5) is 0 Å². The Balaban J connectivity index is 1.75. The van der Waals surface area contributed by atoms with Crippen LogP contribution in [0.3, 0.4) is 0 Å². The first-order valence-electron chi connectivity index (χ1n) is 6.40. The van der Waals surface area contributed by atoms with E-state index in [0.717, 1.165) is 36.0 Å². The molecule has 19 heavy (non-hydrogen) atoms. The van der Waals surface area contributed by atoms with Crippen molar-refractivity contribution in [3.63, 3.8) is 0 Å². The largest absolute Gasteiger partial charge is 0.340 e. The first-order valence-corrected chi connectivity index (χ1v) is 7.28. The molecule has 0 saturated heterocycles. The summed E-state index contributed by atoms with van der Waals surface area (Å²) in [6.45, 7) is 9.95. The maximum atomic E-state index is 4.92. The number of hydrogen-bond donors (Lipinski definition) is 1. The molecule has 0 amide bonds. The van der Waals surface area contributed by atoms with Gasteiger partial charge >= 0.3 is 0 Å². The van der Waals surface area contributed by atoms with Crippen molar-refractivity contribution in [2.75, 3.05) is 6.54 Å². The summed E-state index contributed by atoms with van der Waals surface area (Å²) in [4.78, 5) is 8.80. The van der Waals surface area contributed by atoms with Gasteiger partial charge in [-0.3, -0.25) is 0 Å². The van der Waals surface area contributed by atoms with Crippen LogP contribution in [0.25, 0.3) is 0 Å². The summed E-state index contributed by atoms with van der Waals surface area (Å²) >= 11 is 1.70. The van der Waals surface area contributed by atoms with Gasteiger partial charge in [-0.15, -0.1) is 11.3 Å². The fourth-order valence-corrected chi connectivity index (χ4v) is 2.57. The van der Waals surface area contributed by atoms with Gasteiger partial charge in [-0.05, 0) is 0 Å². The number of nitrogens with zero attached hydrogens (tertiary/aromatic N) is 3. The van der Waals surface area contributed by atoms with Crippen LogP contribution in [0.1, 0.15) is 43.2 Å². The highest BCUT2D eigenvalue weighted by Gasteiger charge is 2.17. The summed E-state index contributed by atoms with van der Waals surface area (Å²) in [5.41, 5.74) is 1.28. The highest BCUT2D eigenvalue weighted by atomic mass is 32.1. The maximum Gasteiger partial charge on any atom is 0.223 e. The summed E-state index contributed by atoms with van der Waals surface area (Å²) in [5, 5.41) is 10.5. The minimum atomic E-state index is 0.122. The molecule has 2 heterocycles. The van der Waals surface area contributed by atoms with Gasteiger partial charge in [0.05, 0.1) is 5.69 Å². The van der Waals surface area contributed by atoms with Crippen LogP contribution in [-0.4, -0.2) is 21.7 Å². The van der Waals surface area contributed by atoms with Crippen LogP contribution < -0.4 is 5.32 Å². The summed E-state index contributed by atoms with van der Waals surface area (Å²) in [6.07, 6.45) is 0.773. The zero-order valence-corrected chi connectivity index (χ0v) is 12.7. The molecule has 0 bridgehead atoms. The summed E-state index contributed by atoms with van der Waals surface area (Å²) in [5.74, 6) is 1.37. The van der Waals surface area contributed by atoms with E-state index in [2.05, 4.69) is 46.6 Å². The molecule has 0 aliphatic rings. The topological polar surface area (TPSA) is 63.8 Å². The third-order valence-corrected chi connectivity index (χ3v) is 3.54. The van der Waals surface area contributed by atoms with E-state index in [1.165, 1.54) is 0 Å². The molecule has 0 aliphatic carbocycles. The molecule has 0 spiro atoms. The Kier molecular flexibility index (Phi) is 4.31. The molecule has 1 N–H and O–H groups in total. The van der Waals surface area contributed by atoms with Crippen LogP contribution >= 0.6 is 11.3 Å². The van der Waals surface area contributed by atoms with E-state index in [1.54, 1.807) is 18.3 Å². The van der Waals surface area contributed by atoms with E-state index in [-0.39, 0.29) is 5.41 Å². The summed E-state index contributed by atoms with van der Waals surface area (Å²) in [7, 11) is 0. The molecule has 0 unspecified atom stereocenters. The molecule has 0 saturated carbocycles.